The van der Waals surface area contributed by atoms with Crippen LogP contribution in [0.15, 0.2) is 42.6 Å². The van der Waals surface area contributed by atoms with Crippen LogP contribution in [0.1, 0.15) is 35.3 Å². The van der Waals surface area contributed by atoms with Gasteiger partial charge in [-0.1, -0.05) is 12.1 Å². The molecule has 26 heavy (non-hydrogen) atoms. The molecule has 2 aromatic rings. The van der Waals surface area contributed by atoms with Gasteiger partial charge in [-0.2, -0.15) is 5.26 Å². The zero-order valence-corrected chi connectivity index (χ0v) is 15.0. The second-order valence-corrected chi connectivity index (χ2v) is 6.53. The van der Waals surface area contributed by atoms with E-state index in [-0.39, 0.29) is 18.1 Å². The van der Waals surface area contributed by atoms with Crippen LogP contribution in [-0.4, -0.2) is 41.1 Å². The molecule has 1 N–H and O–H groups in total. The number of carbonyl (C=O) groups excluding carboxylic acids is 1. The fourth-order valence-electron chi connectivity index (χ4n) is 3.11. The lowest BCUT2D eigenvalue weighted by molar-refractivity contribution is -0.0586. The molecule has 0 saturated carbocycles. The van der Waals surface area contributed by atoms with E-state index in [4.69, 9.17) is 10.00 Å². The maximum Gasteiger partial charge on any atom is 0.254 e. The summed E-state index contributed by atoms with van der Waals surface area (Å²) in [5.41, 5.74) is 2.19. The van der Waals surface area contributed by atoms with Crippen molar-refractivity contribution in [3.63, 3.8) is 0 Å². The van der Waals surface area contributed by atoms with Crippen molar-refractivity contribution in [3.05, 3.63) is 59.3 Å². The highest BCUT2D eigenvalue weighted by Crippen LogP contribution is 2.16. The maximum absolute atomic E-state index is 12.7. The lowest BCUT2D eigenvalue weighted by Gasteiger charge is -2.35. The molecule has 0 spiro atoms. The van der Waals surface area contributed by atoms with E-state index in [0.29, 0.717) is 36.6 Å². The molecule has 0 radical (unpaired) electrons. The summed E-state index contributed by atoms with van der Waals surface area (Å²) >= 11 is 0. The smallest absolute Gasteiger partial charge is 0.254 e. The Labute approximate surface area is 153 Å². The number of amides is 1. The normalized spacial score (nSPS) is 19.7. The average Bonchev–Trinajstić information content (AvgIpc) is 2.65. The van der Waals surface area contributed by atoms with Crippen molar-refractivity contribution in [1.29, 1.82) is 5.26 Å². The summed E-state index contributed by atoms with van der Waals surface area (Å²) in [6.07, 6.45) is 1.76. The molecule has 0 bridgehead atoms. The van der Waals surface area contributed by atoms with E-state index >= 15 is 0 Å². The number of anilines is 1. The van der Waals surface area contributed by atoms with E-state index in [1.807, 2.05) is 43.0 Å². The van der Waals surface area contributed by atoms with Crippen LogP contribution in [0.3, 0.4) is 0 Å². The van der Waals surface area contributed by atoms with E-state index in [1.165, 1.54) is 0 Å². The van der Waals surface area contributed by atoms with Crippen LogP contribution >= 0.6 is 0 Å². The zero-order chi connectivity index (χ0) is 18.5. The Morgan fingerprint density at radius 3 is 2.62 bits per heavy atom. The van der Waals surface area contributed by atoms with E-state index in [1.54, 1.807) is 18.3 Å². The molecular weight excluding hydrogens is 328 g/mol. The summed E-state index contributed by atoms with van der Waals surface area (Å²) in [4.78, 5) is 18.7. The highest BCUT2D eigenvalue weighted by atomic mass is 16.5. The van der Waals surface area contributed by atoms with Gasteiger partial charge in [0.25, 0.3) is 5.91 Å². The molecule has 1 aromatic heterocycles. The van der Waals surface area contributed by atoms with E-state index in [2.05, 4.69) is 16.4 Å². The third-order valence-electron chi connectivity index (χ3n) is 4.30. The van der Waals surface area contributed by atoms with Crippen molar-refractivity contribution in [2.24, 2.45) is 0 Å². The van der Waals surface area contributed by atoms with Crippen molar-refractivity contribution in [3.8, 4) is 6.07 Å². The summed E-state index contributed by atoms with van der Waals surface area (Å²) in [7, 11) is 0. The average molecular weight is 350 g/mol. The van der Waals surface area contributed by atoms with Gasteiger partial charge in [0.05, 0.1) is 17.8 Å². The second kappa shape index (κ2) is 7.98. The quantitative estimate of drug-likeness (QED) is 0.917. The number of pyridine rings is 1. The van der Waals surface area contributed by atoms with Crippen LogP contribution in [0, 0.1) is 11.3 Å². The van der Waals surface area contributed by atoms with Crippen LogP contribution in [-0.2, 0) is 11.3 Å². The van der Waals surface area contributed by atoms with Gasteiger partial charge < -0.3 is 15.0 Å². The summed E-state index contributed by atoms with van der Waals surface area (Å²) in [5.74, 6) is 0.592. The fourth-order valence-corrected chi connectivity index (χ4v) is 3.11. The largest absolute Gasteiger partial charge is 0.372 e. The number of nitrogens with zero attached hydrogens (tertiary/aromatic N) is 3. The Morgan fingerprint density at radius 2 is 1.96 bits per heavy atom. The van der Waals surface area contributed by atoms with Crippen LogP contribution < -0.4 is 5.32 Å². The molecule has 1 aliphatic rings. The highest BCUT2D eigenvalue weighted by molar-refractivity contribution is 5.94. The maximum atomic E-state index is 12.7. The topological polar surface area (TPSA) is 78.3 Å². The van der Waals surface area contributed by atoms with Crippen molar-refractivity contribution in [2.75, 3.05) is 18.4 Å². The predicted molar refractivity (Wildman–Crippen MR) is 98.6 cm³/mol. The van der Waals surface area contributed by atoms with Crippen molar-refractivity contribution in [1.82, 2.24) is 9.88 Å². The molecular formula is C20H22N4O2. The molecule has 1 fully saturated rings. The summed E-state index contributed by atoms with van der Waals surface area (Å²) < 4.78 is 5.68. The minimum absolute atomic E-state index is 0.0306. The predicted octanol–water partition coefficient (Wildman–Crippen LogP) is 2.81. The number of nitriles is 1. The number of carbonyl (C=O) groups is 1. The Kier molecular flexibility index (Phi) is 5.49. The molecule has 2 heterocycles. The first-order valence-electron chi connectivity index (χ1n) is 8.69. The third-order valence-corrected chi connectivity index (χ3v) is 4.30. The van der Waals surface area contributed by atoms with Gasteiger partial charge in [-0.15, -0.1) is 0 Å². The molecule has 1 amide bonds. The van der Waals surface area contributed by atoms with Crippen LogP contribution in [0.4, 0.5) is 5.82 Å². The van der Waals surface area contributed by atoms with Gasteiger partial charge in [-0.25, -0.2) is 4.98 Å². The Balaban J connectivity index is 1.63. The van der Waals surface area contributed by atoms with E-state index in [9.17, 15) is 4.79 Å². The summed E-state index contributed by atoms with van der Waals surface area (Å²) in [6.45, 7) is 5.73. The van der Waals surface area contributed by atoms with Gasteiger partial charge in [-0.05, 0) is 43.7 Å². The van der Waals surface area contributed by atoms with Crippen LogP contribution in [0.2, 0.25) is 0 Å². The number of ether oxygens (including phenoxy) is 1. The number of hydrogen-bond donors (Lipinski definition) is 1. The van der Waals surface area contributed by atoms with E-state index < -0.39 is 0 Å². The molecule has 0 unspecified atom stereocenters. The van der Waals surface area contributed by atoms with Gasteiger partial charge >= 0.3 is 0 Å². The van der Waals surface area contributed by atoms with Crippen LogP contribution in [0.5, 0.6) is 0 Å². The van der Waals surface area contributed by atoms with Gasteiger partial charge in [-0.3, -0.25) is 4.79 Å². The molecule has 2 atom stereocenters. The van der Waals surface area contributed by atoms with Crippen LogP contribution in [0.25, 0.3) is 0 Å². The van der Waals surface area contributed by atoms with Crippen molar-refractivity contribution >= 4 is 11.7 Å². The van der Waals surface area contributed by atoms with E-state index in [0.717, 1.165) is 5.56 Å². The standard InChI is InChI=1S/C20H22N4O2/c1-14-12-24(13-15(2)26-14)20(25)17-7-5-16(6-8-17)11-23-19-18(10-21)4-3-9-22-19/h3-9,14-15H,11-13H2,1-2H3,(H,22,23)/t14-,15+. The highest BCUT2D eigenvalue weighted by Gasteiger charge is 2.26. The second-order valence-electron chi connectivity index (χ2n) is 6.53. The first kappa shape index (κ1) is 17.9. The third kappa shape index (κ3) is 4.19. The summed E-state index contributed by atoms with van der Waals surface area (Å²) in [6, 6.07) is 13.1. The number of hydrogen-bond acceptors (Lipinski definition) is 5. The van der Waals surface area contributed by atoms with Crippen molar-refractivity contribution < 1.29 is 9.53 Å². The summed E-state index contributed by atoms with van der Waals surface area (Å²) in [5, 5.41) is 12.3. The molecule has 6 heteroatoms. The Hall–Kier alpha value is -2.91. The molecule has 0 aliphatic carbocycles. The number of rotatable bonds is 4. The number of aromatic nitrogens is 1. The Bertz CT molecular complexity index is 803. The molecule has 6 nitrogen and oxygen atoms in total. The monoisotopic (exact) mass is 350 g/mol. The fraction of sp³-hybridized carbons (Fsp3) is 0.350. The Morgan fingerprint density at radius 1 is 1.27 bits per heavy atom. The molecule has 1 aromatic carbocycles. The number of nitrogens with one attached hydrogen (secondary N) is 1. The zero-order valence-electron chi connectivity index (χ0n) is 15.0. The lowest BCUT2D eigenvalue weighted by atomic mass is 10.1. The van der Waals surface area contributed by atoms with Gasteiger partial charge in [0, 0.05) is 31.4 Å². The van der Waals surface area contributed by atoms with Crippen molar-refractivity contribution in [2.45, 2.75) is 32.6 Å². The molecule has 1 saturated heterocycles. The minimum Gasteiger partial charge on any atom is -0.372 e. The SMILES string of the molecule is C[C@@H]1CN(C(=O)c2ccc(CNc3ncccc3C#N)cc2)C[C@H](C)O1. The number of benzene rings is 1. The van der Waals surface area contributed by atoms with Gasteiger partial charge in [0.1, 0.15) is 11.9 Å². The number of morpholine rings is 1. The lowest BCUT2D eigenvalue weighted by Crippen LogP contribution is -2.48. The minimum atomic E-state index is 0.0306. The van der Waals surface area contributed by atoms with Gasteiger partial charge in [0.15, 0.2) is 0 Å². The first-order valence-corrected chi connectivity index (χ1v) is 8.69. The molecule has 3 rings (SSSR count). The van der Waals surface area contributed by atoms with Gasteiger partial charge in [0.2, 0.25) is 0 Å². The molecule has 134 valence electrons. The first-order chi connectivity index (χ1) is 12.6. The molecule has 1 aliphatic heterocycles.